The standard InChI is InChI=1S/C19H13N3O6/c1-26-15-7-5-13(19(23)21-11-3-2-8-20-10-11)17-18(15)28-16-9-12(22(24)25)4-6-14(16)27-17/h2-10H,1H3,(H,21,23). The van der Waals surface area contributed by atoms with Crippen LogP contribution in [0.4, 0.5) is 11.4 Å². The van der Waals surface area contributed by atoms with Crippen molar-refractivity contribution in [1.82, 2.24) is 4.98 Å². The van der Waals surface area contributed by atoms with E-state index in [9.17, 15) is 14.9 Å². The fraction of sp³-hybridized carbons (Fsp3) is 0.0526. The van der Waals surface area contributed by atoms with E-state index in [-0.39, 0.29) is 34.2 Å². The number of fused-ring (bicyclic) bond motifs is 2. The molecule has 1 amide bonds. The monoisotopic (exact) mass is 379 g/mol. The molecule has 0 atom stereocenters. The lowest BCUT2D eigenvalue weighted by Crippen LogP contribution is -2.15. The van der Waals surface area contributed by atoms with Gasteiger partial charge in [0.05, 0.1) is 35.5 Å². The second kappa shape index (κ2) is 6.88. The van der Waals surface area contributed by atoms with Crippen molar-refractivity contribution in [2.45, 2.75) is 0 Å². The van der Waals surface area contributed by atoms with Crippen molar-refractivity contribution >= 4 is 17.3 Å². The van der Waals surface area contributed by atoms with Crippen LogP contribution in [0.25, 0.3) is 0 Å². The number of non-ortho nitro benzene ring substituents is 1. The molecular formula is C19H13N3O6. The van der Waals surface area contributed by atoms with Gasteiger partial charge in [-0.2, -0.15) is 0 Å². The highest BCUT2D eigenvalue weighted by molar-refractivity contribution is 6.07. The van der Waals surface area contributed by atoms with E-state index in [1.54, 1.807) is 30.5 Å². The second-order valence-corrected chi connectivity index (χ2v) is 5.76. The van der Waals surface area contributed by atoms with Gasteiger partial charge >= 0.3 is 0 Å². The molecule has 0 unspecified atom stereocenters. The maximum atomic E-state index is 12.7. The fourth-order valence-corrected chi connectivity index (χ4v) is 2.71. The number of carbonyl (C=O) groups is 1. The Labute approximate surface area is 158 Å². The number of aromatic nitrogens is 1. The average molecular weight is 379 g/mol. The number of hydrogen-bond donors (Lipinski definition) is 1. The Bertz CT molecular complexity index is 1080. The summed E-state index contributed by atoms with van der Waals surface area (Å²) in [5.41, 5.74) is 0.587. The normalized spacial score (nSPS) is 11.3. The van der Waals surface area contributed by atoms with E-state index < -0.39 is 10.8 Å². The molecule has 28 heavy (non-hydrogen) atoms. The van der Waals surface area contributed by atoms with Gasteiger partial charge in [0.2, 0.25) is 5.75 Å². The minimum Gasteiger partial charge on any atom is -0.493 e. The molecule has 0 bridgehead atoms. The SMILES string of the molecule is COc1ccc(C(=O)Nc2cccnc2)c2c1Oc1cc([N+](=O)[O-])ccc1O2. The number of rotatable bonds is 4. The molecule has 4 rings (SSSR count). The number of ether oxygens (including phenoxy) is 3. The average Bonchev–Trinajstić information content (AvgIpc) is 2.71. The molecule has 0 radical (unpaired) electrons. The second-order valence-electron chi connectivity index (χ2n) is 5.76. The molecule has 1 N–H and O–H groups in total. The van der Waals surface area contributed by atoms with Crippen molar-refractivity contribution in [3.63, 3.8) is 0 Å². The zero-order chi connectivity index (χ0) is 19.7. The van der Waals surface area contributed by atoms with E-state index in [0.29, 0.717) is 11.4 Å². The molecule has 3 aromatic rings. The van der Waals surface area contributed by atoms with Crippen molar-refractivity contribution in [3.8, 4) is 28.7 Å². The highest BCUT2D eigenvalue weighted by Crippen LogP contribution is 2.52. The Kier molecular flexibility index (Phi) is 4.24. The molecule has 140 valence electrons. The quantitative estimate of drug-likeness (QED) is 0.418. The van der Waals surface area contributed by atoms with E-state index >= 15 is 0 Å². The Morgan fingerprint density at radius 1 is 1.14 bits per heavy atom. The van der Waals surface area contributed by atoms with Crippen LogP contribution < -0.4 is 19.5 Å². The van der Waals surface area contributed by atoms with Crippen LogP contribution in [0.3, 0.4) is 0 Å². The third-order valence-corrected chi connectivity index (χ3v) is 4.02. The molecule has 1 aliphatic rings. The van der Waals surface area contributed by atoms with Gasteiger partial charge in [0.1, 0.15) is 0 Å². The van der Waals surface area contributed by atoms with Crippen LogP contribution in [-0.4, -0.2) is 22.9 Å². The molecule has 2 heterocycles. The lowest BCUT2D eigenvalue weighted by atomic mass is 10.1. The maximum Gasteiger partial charge on any atom is 0.273 e. The summed E-state index contributed by atoms with van der Waals surface area (Å²) in [5, 5.41) is 13.7. The summed E-state index contributed by atoms with van der Waals surface area (Å²) in [6.07, 6.45) is 3.11. The van der Waals surface area contributed by atoms with Gasteiger partial charge < -0.3 is 19.5 Å². The number of pyridine rings is 1. The van der Waals surface area contributed by atoms with Crippen LogP contribution in [0.5, 0.6) is 28.7 Å². The van der Waals surface area contributed by atoms with Crippen molar-refractivity contribution in [3.05, 3.63) is 70.5 Å². The van der Waals surface area contributed by atoms with Crippen molar-refractivity contribution < 1.29 is 23.9 Å². The highest BCUT2D eigenvalue weighted by Gasteiger charge is 2.29. The molecular weight excluding hydrogens is 366 g/mol. The molecule has 1 aliphatic heterocycles. The van der Waals surface area contributed by atoms with Crippen molar-refractivity contribution in [1.29, 1.82) is 0 Å². The molecule has 0 saturated carbocycles. The number of hydrogen-bond acceptors (Lipinski definition) is 7. The Morgan fingerprint density at radius 2 is 1.96 bits per heavy atom. The van der Waals surface area contributed by atoms with E-state index in [1.807, 2.05) is 0 Å². The van der Waals surface area contributed by atoms with Crippen molar-refractivity contribution in [2.24, 2.45) is 0 Å². The van der Waals surface area contributed by atoms with Gasteiger partial charge in [-0.1, -0.05) is 0 Å². The number of carbonyl (C=O) groups excluding carboxylic acids is 1. The molecule has 9 heteroatoms. The lowest BCUT2D eigenvalue weighted by Gasteiger charge is -2.23. The summed E-state index contributed by atoms with van der Waals surface area (Å²) in [7, 11) is 1.44. The van der Waals surface area contributed by atoms with E-state index in [1.165, 1.54) is 31.5 Å². The molecule has 0 spiro atoms. The fourth-order valence-electron chi connectivity index (χ4n) is 2.71. The third-order valence-electron chi connectivity index (χ3n) is 4.02. The minimum atomic E-state index is -0.534. The zero-order valence-corrected chi connectivity index (χ0v) is 14.5. The van der Waals surface area contributed by atoms with Crippen LogP contribution in [0.1, 0.15) is 10.4 Å². The van der Waals surface area contributed by atoms with Crippen LogP contribution in [-0.2, 0) is 0 Å². The number of nitro groups is 1. The summed E-state index contributed by atoms with van der Waals surface area (Å²) in [6, 6.07) is 10.5. The third kappa shape index (κ3) is 3.05. The first-order chi connectivity index (χ1) is 13.6. The maximum absolute atomic E-state index is 12.7. The molecule has 2 aromatic carbocycles. The summed E-state index contributed by atoms with van der Waals surface area (Å²) >= 11 is 0. The van der Waals surface area contributed by atoms with Gasteiger partial charge in [-0.3, -0.25) is 19.9 Å². The van der Waals surface area contributed by atoms with Crippen LogP contribution in [0.2, 0.25) is 0 Å². The summed E-state index contributed by atoms with van der Waals surface area (Å²) in [6.45, 7) is 0. The number of anilines is 1. The van der Waals surface area contributed by atoms with Crippen LogP contribution in [0.15, 0.2) is 54.9 Å². The number of methoxy groups -OCH3 is 1. The van der Waals surface area contributed by atoms with Gasteiger partial charge in [-0.05, 0) is 30.3 Å². The number of benzene rings is 2. The molecule has 1 aromatic heterocycles. The first-order valence-electron chi connectivity index (χ1n) is 8.13. The van der Waals surface area contributed by atoms with E-state index in [2.05, 4.69) is 10.3 Å². The predicted octanol–water partition coefficient (Wildman–Crippen LogP) is 4.15. The molecule has 0 saturated heterocycles. The number of nitrogens with one attached hydrogen (secondary N) is 1. The van der Waals surface area contributed by atoms with E-state index in [4.69, 9.17) is 14.2 Å². The Hall–Kier alpha value is -4.14. The van der Waals surface area contributed by atoms with Gasteiger partial charge in [0.15, 0.2) is 23.0 Å². The summed E-state index contributed by atoms with van der Waals surface area (Å²) in [4.78, 5) is 27.2. The van der Waals surface area contributed by atoms with Gasteiger partial charge in [-0.25, -0.2) is 0 Å². The smallest absolute Gasteiger partial charge is 0.273 e. The van der Waals surface area contributed by atoms with Crippen molar-refractivity contribution in [2.75, 3.05) is 12.4 Å². The van der Waals surface area contributed by atoms with Gasteiger partial charge in [0, 0.05) is 12.3 Å². The number of amides is 1. The molecule has 0 fully saturated rings. The first kappa shape index (κ1) is 17.3. The van der Waals surface area contributed by atoms with Crippen LogP contribution >= 0.6 is 0 Å². The lowest BCUT2D eigenvalue weighted by molar-refractivity contribution is -0.384. The highest BCUT2D eigenvalue weighted by atomic mass is 16.6. The Morgan fingerprint density at radius 3 is 2.68 bits per heavy atom. The first-order valence-corrected chi connectivity index (χ1v) is 8.13. The summed E-state index contributed by atoms with van der Waals surface area (Å²) in [5.74, 6) is 0.619. The molecule has 0 aliphatic carbocycles. The largest absolute Gasteiger partial charge is 0.493 e. The van der Waals surface area contributed by atoms with Gasteiger partial charge in [-0.15, -0.1) is 0 Å². The topological polar surface area (TPSA) is 113 Å². The molecule has 9 nitrogen and oxygen atoms in total. The number of nitro benzene ring substituents is 1. The summed E-state index contributed by atoms with van der Waals surface area (Å²) < 4.78 is 16.9. The predicted molar refractivity (Wildman–Crippen MR) is 98.4 cm³/mol. The van der Waals surface area contributed by atoms with E-state index in [0.717, 1.165) is 0 Å². The Balaban J connectivity index is 1.74. The minimum absolute atomic E-state index is 0.143. The number of nitrogens with zero attached hydrogens (tertiary/aromatic N) is 2. The zero-order valence-electron chi connectivity index (χ0n) is 14.5. The van der Waals surface area contributed by atoms with Gasteiger partial charge in [0.25, 0.3) is 11.6 Å². The van der Waals surface area contributed by atoms with Crippen LogP contribution in [0, 0.1) is 10.1 Å².